The molecule has 0 amide bonds. The van der Waals surface area contributed by atoms with Crippen molar-refractivity contribution in [1.82, 2.24) is 10.2 Å². The fourth-order valence-corrected chi connectivity index (χ4v) is 2.95. The number of aromatic nitrogens is 2. The maximum atomic E-state index is 5.80. The molecule has 1 atom stereocenters. The van der Waals surface area contributed by atoms with E-state index < -0.39 is 0 Å². The van der Waals surface area contributed by atoms with Crippen molar-refractivity contribution < 1.29 is 0 Å². The second-order valence-corrected chi connectivity index (χ2v) is 6.57. The molecule has 0 aliphatic carbocycles. The highest BCUT2D eigenvalue weighted by molar-refractivity contribution is 5.45. The third-order valence-electron chi connectivity index (χ3n) is 4.25. The summed E-state index contributed by atoms with van der Waals surface area (Å²) in [6, 6.07) is 1.98. The first kappa shape index (κ1) is 14.3. The second kappa shape index (κ2) is 5.87. The van der Waals surface area contributed by atoms with Crippen LogP contribution in [0.25, 0.3) is 0 Å². The van der Waals surface area contributed by atoms with Crippen LogP contribution in [0.3, 0.4) is 0 Å². The first-order valence-corrected chi connectivity index (χ1v) is 7.28. The van der Waals surface area contributed by atoms with Crippen molar-refractivity contribution in [2.24, 2.45) is 17.1 Å². The lowest BCUT2D eigenvalue weighted by Gasteiger charge is -2.30. The van der Waals surface area contributed by atoms with Gasteiger partial charge >= 0.3 is 0 Å². The van der Waals surface area contributed by atoms with Gasteiger partial charge in [-0.05, 0) is 36.7 Å². The molecule has 4 heteroatoms. The van der Waals surface area contributed by atoms with E-state index >= 15 is 0 Å². The fraction of sp³-hybridized carbons (Fsp3) is 0.733. The number of nitrogens with two attached hydrogens (primary N) is 1. The summed E-state index contributed by atoms with van der Waals surface area (Å²) in [6.45, 7) is 9.71. The van der Waals surface area contributed by atoms with Gasteiger partial charge in [-0.1, -0.05) is 20.8 Å². The number of hydrogen-bond donors (Lipinski definition) is 1. The smallest absolute Gasteiger partial charge is 0.155 e. The quantitative estimate of drug-likeness (QED) is 0.890. The summed E-state index contributed by atoms with van der Waals surface area (Å²) in [5.74, 6) is 1.77. The minimum Gasteiger partial charge on any atom is -0.355 e. The van der Waals surface area contributed by atoms with Gasteiger partial charge in [-0.3, -0.25) is 0 Å². The monoisotopic (exact) mass is 262 g/mol. The molecule has 1 fully saturated rings. The molecule has 0 radical (unpaired) electrons. The van der Waals surface area contributed by atoms with Gasteiger partial charge in [-0.15, -0.1) is 5.10 Å². The zero-order valence-electron chi connectivity index (χ0n) is 12.4. The molecular formula is C15H26N4. The van der Waals surface area contributed by atoms with E-state index in [1.807, 2.05) is 6.07 Å². The zero-order chi connectivity index (χ0) is 13.9. The van der Waals surface area contributed by atoms with Crippen LogP contribution in [0.4, 0.5) is 5.82 Å². The number of nitrogens with zero attached hydrogens (tertiary/aromatic N) is 3. The van der Waals surface area contributed by atoms with E-state index in [0.717, 1.165) is 30.4 Å². The highest BCUT2D eigenvalue weighted by atomic mass is 15.3. The van der Waals surface area contributed by atoms with Crippen molar-refractivity contribution in [2.45, 2.75) is 46.6 Å². The van der Waals surface area contributed by atoms with Crippen molar-refractivity contribution in [3.05, 3.63) is 17.8 Å². The highest BCUT2D eigenvalue weighted by Crippen LogP contribution is 2.35. The molecule has 1 unspecified atom stereocenters. The van der Waals surface area contributed by atoms with Crippen molar-refractivity contribution in [2.75, 3.05) is 18.0 Å². The second-order valence-electron chi connectivity index (χ2n) is 6.57. The van der Waals surface area contributed by atoms with Gasteiger partial charge in [0.25, 0.3) is 0 Å². The molecule has 1 aromatic rings. The van der Waals surface area contributed by atoms with Crippen molar-refractivity contribution in [1.29, 1.82) is 0 Å². The van der Waals surface area contributed by atoms with Gasteiger partial charge < -0.3 is 10.6 Å². The molecule has 1 aliphatic heterocycles. The topological polar surface area (TPSA) is 55.0 Å². The van der Waals surface area contributed by atoms with Gasteiger partial charge in [0.1, 0.15) is 0 Å². The fourth-order valence-electron chi connectivity index (χ4n) is 2.95. The molecule has 2 N–H and O–H groups in total. The lowest BCUT2D eigenvalue weighted by atomic mass is 9.77. The zero-order valence-corrected chi connectivity index (χ0v) is 12.4. The average Bonchev–Trinajstić information content (AvgIpc) is 2.64. The van der Waals surface area contributed by atoms with Crippen LogP contribution in [0, 0.1) is 11.3 Å². The van der Waals surface area contributed by atoms with E-state index in [-0.39, 0.29) is 0 Å². The lowest BCUT2D eigenvalue weighted by molar-refractivity contribution is 0.220. The van der Waals surface area contributed by atoms with Crippen molar-refractivity contribution in [3.63, 3.8) is 0 Å². The Balaban J connectivity index is 2.11. The summed E-state index contributed by atoms with van der Waals surface area (Å²) < 4.78 is 0. The summed E-state index contributed by atoms with van der Waals surface area (Å²) in [5, 5.41) is 8.32. The number of rotatable bonds is 2. The van der Waals surface area contributed by atoms with Crippen LogP contribution < -0.4 is 10.6 Å². The van der Waals surface area contributed by atoms with E-state index in [0.29, 0.717) is 12.0 Å². The van der Waals surface area contributed by atoms with Crippen LogP contribution in [-0.2, 0) is 6.54 Å². The molecule has 0 spiro atoms. The molecule has 2 rings (SSSR count). The van der Waals surface area contributed by atoms with Crippen LogP contribution in [0.1, 0.15) is 45.6 Å². The molecule has 0 bridgehead atoms. The summed E-state index contributed by atoms with van der Waals surface area (Å²) in [4.78, 5) is 2.36. The van der Waals surface area contributed by atoms with Crippen LogP contribution in [0.15, 0.2) is 12.3 Å². The molecule has 1 aromatic heterocycles. The predicted molar refractivity (Wildman–Crippen MR) is 78.9 cm³/mol. The third-order valence-corrected chi connectivity index (χ3v) is 4.25. The van der Waals surface area contributed by atoms with Gasteiger partial charge in [0.05, 0.1) is 6.20 Å². The van der Waals surface area contributed by atoms with Crippen LogP contribution in [0.5, 0.6) is 0 Å². The molecular weight excluding hydrogens is 236 g/mol. The first-order chi connectivity index (χ1) is 9.02. The molecule has 1 aliphatic rings. The van der Waals surface area contributed by atoms with Gasteiger partial charge in [-0.2, -0.15) is 5.10 Å². The maximum Gasteiger partial charge on any atom is 0.155 e. The lowest BCUT2D eigenvalue weighted by Crippen LogP contribution is -2.28. The third kappa shape index (κ3) is 3.44. The van der Waals surface area contributed by atoms with Crippen molar-refractivity contribution >= 4 is 5.82 Å². The molecule has 0 aromatic carbocycles. The van der Waals surface area contributed by atoms with Crippen molar-refractivity contribution in [3.8, 4) is 0 Å². The molecule has 0 saturated carbocycles. The number of anilines is 1. The summed E-state index contributed by atoms with van der Waals surface area (Å²) >= 11 is 0. The molecule has 2 heterocycles. The Hall–Kier alpha value is -1.16. The van der Waals surface area contributed by atoms with Crippen LogP contribution in [0.2, 0.25) is 0 Å². The molecule has 4 nitrogen and oxygen atoms in total. The first-order valence-electron chi connectivity index (χ1n) is 7.28. The Bertz CT molecular complexity index is 411. The minimum atomic E-state index is 0.398. The van der Waals surface area contributed by atoms with Gasteiger partial charge in [-0.25, -0.2) is 0 Å². The number of hydrogen-bond acceptors (Lipinski definition) is 4. The standard InChI is InChI=1S/C15H26N4/c1-15(2,3)13-5-4-9-19(10-7-13)14-12(11-16)6-8-17-18-14/h6,8,13H,4-5,7,9-11,16H2,1-3H3. The van der Waals surface area contributed by atoms with E-state index in [4.69, 9.17) is 5.73 Å². The minimum absolute atomic E-state index is 0.398. The normalized spacial score (nSPS) is 21.3. The van der Waals surface area contributed by atoms with E-state index in [1.54, 1.807) is 6.20 Å². The molecule has 1 saturated heterocycles. The van der Waals surface area contributed by atoms with Gasteiger partial charge in [0.15, 0.2) is 5.82 Å². The summed E-state index contributed by atoms with van der Waals surface area (Å²) in [7, 11) is 0. The largest absolute Gasteiger partial charge is 0.355 e. The van der Waals surface area contributed by atoms with Crippen LogP contribution >= 0.6 is 0 Å². The van der Waals surface area contributed by atoms with Crippen LogP contribution in [-0.4, -0.2) is 23.3 Å². The maximum absolute atomic E-state index is 5.80. The predicted octanol–water partition coefficient (Wildman–Crippen LogP) is 2.59. The Morgan fingerprint density at radius 2 is 2.11 bits per heavy atom. The van der Waals surface area contributed by atoms with E-state index in [1.165, 1.54) is 19.3 Å². The average molecular weight is 262 g/mol. The Labute approximate surface area is 116 Å². The van der Waals surface area contributed by atoms with Gasteiger partial charge in [0.2, 0.25) is 0 Å². The Kier molecular flexibility index (Phi) is 4.40. The SMILES string of the molecule is CC(C)(C)C1CCCN(c2nnccc2CN)CC1. The summed E-state index contributed by atoms with van der Waals surface area (Å²) in [6.07, 6.45) is 5.48. The molecule has 19 heavy (non-hydrogen) atoms. The Morgan fingerprint density at radius 1 is 1.32 bits per heavy atom. The highest BCUT2D eigenvalue weighted by Gasteiger charge is 2.27. The molecule has 106 valence electrons. The summed E-state index contributed by atoms with van der Waals surface area (Å²) in [5.41, 5.74) is 7.30. The van der Waals surface area contributed by atoms with E-state index in [9.17, 15) is 0 Å². The van der Waals surface area contributed by atoms with E-state index in [2.05, 4.69) is 35.9 Å². The van der Waals surface area contributed by atoms with Gasteiger partial charge in [0, 0.05) is 25.2 Å². The Morgan fingerprint density at radius 3 is 2.79 bits per heavy atom.